The molecule has 1 spiro atoms. The fourth-order valence-electron chi connectivity index (χ4n) is 5.06. The van der Waals surface area contributed by atoms with Crippen LogP contribution in [0.25, 0.3) is 34.3 Å². The van der Waals surface area contributed by atoms with Gasteiger partial charge in [0, 0.05) is 20.6 Å². The second kappa shape index (κ2) is 7.84. The highest BCUT2D eigenvalue weighted by molar-refractivity contribution is 7.45. The zero-order valence-electron chi connectivity index (χ0n) is 17.5. The van der Waals surface area contributed by atoms with Gasteiger partial charge in [0.05, 0.1) is 29.2 Å². The average Bonchev–Trinajstić information content (AvgIpc) is 3.62. The molecule has 0 unspecified atom stereocenters. The molecule has 4 heterocycles. The lowest BCUT2D eigenvalue weighted by Gasteiger charge is -2.35. The van der Waals surface area contributed by atoms with Gasteiger partial charge in [0.15, 0.2) is 0 Å². The first-order valence-corrected chi connectivity index (χ1v) is 13.8. The van der Waals surface area contributed by atoms with Gasteiger partial charge in [-0.1, -0.05) is 19.3 Å². The van der Waals surface area contributed by atoms with E-state index in [2.05, 4.69) is 16.1 Å². The molecule has 1 fully saturated rings. The third-order valence-corrected chi connectivity index (χ3v) is 11.7. The Hall–Kier alpha value is -3.38. The summed E-state index contributed by atoms with van der Waals surface area (Å²) in [5, 5.41) is 37.3. The van der Waals surface area contributed by atoms with Crippen LogP contribution in [0.2, 0.25) is 0 Å². The number of aliphatic imine (C=N–C) groups is 2. The molecule has 0 bridgehead atoms. The number of fused-ring (bicyclic) bond motifs is 8. The van der Waals surface area contributed by atoms with E-state index in [9.17, 15) is 10.5 Å². The van der Waals surface area contributed by atoms with Gasteiger partial charge >= 0.3 is 0 Å². The van der Waals surface area contributed by atoms with E-state index in [1.807, 2.05) is 30.3 Å². The quantitative estimate of drug-likeness (QED) is 0.257. The number of allylic oxidation sites excluding steroid dienone is 1. The molecule has 0 radical (unpaired) electrons. The molecule has 6 nitrogen and oxygen atoms in total. The fourth-order valence-corrected chi connectivity index (χ4v) is 10.9. The van der Waals surface area contributed by atoms with Crippen LogP contribution in [0.5, 0.6) is 0 Å². The third kappa shape index (κ3) is 2.91. The van der Waals surface area contributed by atoms with Gasteiger partial charge in [-0.25, -0.2) is 9.98 Å². The maximum Gasteiger partial charge on any atom is 0.219 e. The lowest BCUT2D eigenvalue weighted by Crippen LogP contribution is -2.28. The van der Waals surface area contributed by atoms with Gasteiger partial charge in [-0.15, -0.1) is 45.3 Å². The summed E-state index contributed by atoms with van der Waals surface area (Å²) in [5.41, 5.74) is 1.74. The normalized spacial score (nSPS) is 15.9. The van der Waals surface area contributed by atoms with Crippen LogP contribution in [0.4, 0.5) is 5.00 Å². The molecule has 4 aromatic heterocycles. The Morgan fingerprint density at radius 2 is 1.38 bits per heavy atom. The van der Waals surface area contributed by atoms with Crippen LogP contribution in [0.3, 0.4) is 0 Å². The SMILES string of the molecule is N#CC(C#N)=NC1=Cc2sc3c(sc4c5sc(N=C(C#N)C#N)cc5sc34)c2C12CCCCC2. The summed E-state index contributed by atoms with van der Waals surface area (Å²) in [5.74, 6) is 0. The molecule has 34 heavy (non-hydrogen) atoms. The molecule has 0 aromatic carbocycles. The van der Waals surface area contributed by atoms with Gasteiger partial charge in [0.1, 0.15) is 29.3 Å². The smallest absolute Gasteiger partial charge is 0.219 e. The Balaban J connectivity index is 1.55. The van der Waals surface area contributed by atoms with Crippen molar-refractivity contribution in [1.82, 2.24) is 0 Å². The van der Waals surface area contributed by atoms with Crippen molar-refractivity contribution in [2.45, 2.75) is 37.5 Å². The second-order valence-electron chi connectivity index (χ2n) is 8.18. The van der Waals surface area contributed by atoms with Gasteiger partial charge in [-0.05, 0) is 25.0 Å². The highest BCUT2D eigenvalue weighted by Gasteiger charge is 2.46. The molecule has 0 saturated heterocycles. The summed E-state index contributed by atoms with van der Waals surface area (Å²) in [6.45, 7) is 0. The Morgan fingerprint density at radius 3 is 2.09 bits per heavy atom. The molecule has 0 amide bonds. The molecule has 0 aliphatic heterocycles. The first-order valence-electron chi connectivity index (χ1n) is 10.5. The standard InChI is InChI=1S/C24H12N6S4/c25-8-12(9-26)29-16-6-14-18(24(16)4-2-1-3-5-24)20-22(31-14)23-21(34-20)19-15(32-23)7-17(33-19)30-13(10-27)11-28/h6-7H,1-5H2. The number of nitrogens with zero attached hydrogens (tertiary/aromatic N) is 6. The number of rotatable bonds is 2. The molecule has 0 atom stereocenters. The summed E-state index contributed by atoms with van der Waals surface area (Å²) in [6, 6.07) is 9.46. The molecule has 4 aromatic rings. The van der Waals surface area contributed by atoms with Crippen LogP contribution < -0.4 is 0 Å². The molecule has 1 saturated carbocycles. The zero-order valence-corrected chi connectivity index (χ0v) is 20.8. The van der Waals surface area contributed by atoms with Crippen LogP contribution in [-0.2, 0) is 5.41 Å². The summed E-state index contributed by atoms with van der Waals surface area (Å²) >= 11 is 6.82. The molecular formula is C24H12N6S4. The van der Waals surface area contributed by atoms with Gasteiger partial charge in [0.2, 0.25) is 11.4 Å². The third-order valence-electron chi connectivity index (χ3n) is 6.43. The maximum atomic E-state index is 9.30. The lowest BCUT2D eigenvalue weighted by molar-refractivity contribution is 0.346. The van der Waals surface area contributed by atoms with Gasteiger partial charge < -0.3 is 0 Å². The van der Waals surface area contributed by atoms with Crippen molar-refractivity contribution in [3.63, 3.8) is 0 Å². The minimum atomic E-state index is -0.226. The van der Waals surface area contributed by atoms with Gasteiger partial charge in [-0.2, -0.15) is 21.0 Å². The highest BCUT2D eigenvalue weighted by atomic mass is 32.1. The van der Waals surface area contributed by atoms with Crippen LogP contribution in [0.15, 0.2) is 21.7 Å². The van der Waals surface area contributed by atoms with Crippen molar-refractivity contribution in [1.29, 1.82) is 21.0 Å². The monoisotopic (exact) mass is 512 g/mol. The van der Waals surface area contributed by atoms with Crippen molar-refractivity contribution in [3.8, 4) is 24.3 Å². The Morgan fingerprint density at radius 1 is 0.735 bits per heavy atom. The maximum absolute atomic E-state index is 9.30. The van der Waals surface area contributed by atoms with Gasteiger partial charge in [0.25, 0.3) is 0 Å². The van der Waals surface area contributed by atoms with Crippen molar-refractivity contribution >= 4 is 96.0 Å². The van der Waals surface area contributed by atoms with Crippen LogP contribution in [0, 0.1) is 45.3 Å². The van der Waals surface area contributed by atoms with Crippen molar-refractivity contribution in [2.24, 2.45) is 9.98 Å². The van der Waals surface area contributed by atoms with E-state index >= 15 is 0 Å². The molecule has 2 aliphatic carbocycles. The first-order chi connectivity index (χ1) is 16.6. The second-order valence-corrected chi connectivity index (χ2v) is 12.3. The van der Waals surface area contributed by atoms with E-state index in [-0.39, 0.29) is 16.8 Å². The van der Waals surface area contributed by atoms with Crippen molar-refractivity contribution < 1.29 is 0 Å². The van der Waals surface area contributed by atoms with Crippen molar-refractivity contribution in [2.75, 3.05) is 0 Å². The largest absolute Gasteiger partial charge is 0.231 e. The Bertz CT molecular complexity index is 1750. The molecule has 10 heteroatoms. The van der Waals surface area contributed by atoms with E-state index in [4.69, 9.17) is 10.5 Å². The van der Waals surface area contributed by atoms with Crippen molar-refractivity contribution in [3.05, 3.63) is 22.2 Å². The Labute approximate surface area is 210 Å². The molecular weight excluding hydrogens is 501 g/mol. The van der Waals surface area contributed by atoms with E-state index in [0.717, 1.165) is 40.8 Å². The molecule has 162 valence electrons. The number of thiophene rings is 4. The highest BCUT2D eigenvalue weighted by Crippen LogP contribution is 2.60. The topological polar surface area (TPSA) is 120 Å². The average molecular weight is 513 g/mol. The van der Waals surface area contributed by atoms with Gasteiger partial charge in [-0.3, -0.25) is 0 Å². The predicted molar refractivity (Wildman–Crippen MR) is 140 cm³/mol. The summed E-state index contributed by atoms with van der Waals surface area (Å²) in [7, 11) is 0. The summed E-state index contributed by atoms with van der Waals surface area (Å²) in [4.78, 5) is 9.91. The molecule has 2 aliphatic rings. The van der Waals surface area contributed by atoms with E-state index < -0.39 is 0 Å². The summed E-state index contributed by atoms with van der Waals surface area (Å²) in [6.07, 6.45) is 7.47. The van der Waals surface area contributed by atoms with E-state index in [1.165, 1.54) is 47.0 Å². The van der Waals surface area contributed by atoms with Crippen LogP contribution >= 0.6 is 45.3 Å². The minimum absolute atomic E-state index is 0.0859. The first kappa shape index (κ1) is 21.2. The van der Waals surface area contributed by atoms with E-state index in [0.29, 0.717) is 5.00 Å². The lowest BCUT2D eigenvalue weighted by atomic mass is 9.70. The predicted octanol–water partition coefficient (Wildman–Crippen LogP) is 7.56. The van der Waals surface area contributed by atoms with Crippen LogP contribution in [-0.4, -0.2) is 11.4 Å². The minimum Gasteiger partial charge on any atom is -0.231 e. The van der Waals surface area contributed by atoms with E-state index in [1.54, 1.807) is 34.0 Å². The zero-order chi connectivity index (χ0) is 23.4. The number of hydrogen-bond donors (Lipinski definition) is 0. The van der Waals surface area contributed by atoms with Crippen LogP contribution in [0.1, 0.15) is 42.5 Å². The summed E-state index contributed by atoms with van der Waals surface area (Å²) < 4.78 is 7.35. The molecule has 6 rings (SSSR count). The number of nitriles is 4. The fraction of sp³-hybridized carbons (Fsp3) is 0.250. The Kier molecular flexibility index (Phi) is 4.88. The molecule has 0 N–H and O–H groups in total. The number of hydrogen-bond acceptors (Lipinski definition) is 10.